The third kappa shape index (κ3) is 11.5. The maximum atomic E-state index is 6.59. The molecular weight excluding hydrogens is 623 g/mol. The second kappa shape index (κ2) is 21.1. The van der Waals surface area contributed by atoms with E-state index in [0.29, 0.717) is 0 Å². The molecule has 4 rings (SSSR count). The third-order valence-corrected chi connectivity index (χ3v) is 14.3. The number of hydrogen-bond donors (Lipinski definition) is 0. The Labute approximate surface area is 280 Å². The number of hydrogen-bond acceptors (Lipinski definition) is 2. The van der Waals surface area contributed by atoms with Crippen molar-refractivity contribution >= 4 is 40.2 Å². The van der Waals surface area contributed by atoms with Gasteiger partial charge in [-0.3, -0.25) is 0 Å². The van der Waals surface area contributed by atoms with Crippen molar-refractivity contribution in [1.29, 1.82) is 0 Å². The predicted molar refractivity (Wildman–Crippen MR) is 200 cm³/mol. The molecule has 1 heterocycles. The van der Waals surface area contributed by atoms with E-state index in [4.69, 9.17) is 9.47 Å². The van der Waals surface area contributed by atoms with E-state index in [0.717, 1.165) is 38.7 Å². The van der Waals surface area contributed by atoms with E-state index < -0.39 is 7.26 Å². The van der Waals surface area contributed by atoms with Gasteiger partial charge in [-0.05, 0) is 0 Å². The number of allylic oxidation sites excluding steroid dienone is 1. The molecular formula is C40H58BrO2P. The number of ether oxygens (including phenoxy) is 2. The monoisotopic (exact) mass is 680 g/mol. The third-order valence-electron chi connectivity index (χ3n) is 9.20. The van der Waals surface area contributed by atoms with Crippen LogP contribution in [-0.2, 0) is 9.47 Å². The van der Waals surface area contributed by atoms with Crippen LogP contribution < -0.4 is 15.9 Å². The Hall–Kier alpha value is -1.77. The molecule has 0 aromatic heterocycles. The Morgan fingerprint density at radius 2 is 1.27 bits per heavy atom. The normalized spacial score (nSPS) is 16.7. The zero-order valence-electron chi connectivity index (χ0n) is 27.4. The van der Waals surface area contributed by atoms with Crippen LogP contribution in [0.2, 0.25) is 0 Å². The minimum atomic E-state index is -2.19. The Morgan fingerprint density at radius 1 is 0.750 bits per heavy atom. The van der Waals surface area contributed by atoms with E-state index in [1.807, 2.05) is 0 Å². The SMILES string of the molecule is Br.CCCCCCCCCCC(/C=C(\C)CCC[PH](c1ccccc1)(c1ccccc1)c1ccccc1)OC1CCCCO1. The number of benzene rings is 3. The number of unbranched alkanes of at least 4 members (excludes halogenated alkanes) is 7. The van der Waals surface area contributed by atoms with Gasteiger partial charge in [-0.2, -0.15) is 0 Å². The standard InChI is InChI=1S/C40H57O2P.BrH/c1-3-4-5-6-7-8-9-13-24-36(42-40-31-20-21-32-41-40)34-35(2)23-22-33-43(37-25-14-10-15-26-37,38-27-16-11-17-28-38)39-29-18-12-19-30-39;/h10-12,14-19,25-30,34,36,40,43H,3-9,13,20-24,31-33H2,1-2H3;1H/b35-34+;. The predicted octanol–water partition coefficient (Wildman–Crippen LogP) is 10.5. The van der Waals surface area contributed by atoms with Crippen LogP contribution in [0.1, 0.15) is 104 Å². The van der Waals surface area contributed by atoms with E-state index in [1.165, 1.54) is 85.4 Å². The molecule has 0 spiro atoms. The second-order valence-electron chi connectivity index (χ2n) is 12.6. The van der Waals surface area contributed by atoms with Gasteiger partial charge in [0.25, 0.3) is 0 Å². The Balaban J connectivity index is 0.00000529. The first-order valence-corrected chi connectivity index (χ1v) is 19.5. The molecule has 0 saturated carbocycles. The molecule has 1 aliphatic heterocycles. The van der Waals surface area contributed by atoms with Crippen molar-refractivity contribution in [2.75, 3.05) is 12.8 Å². The number of halogens is 1. The summed E-state index contributed by atoms with van der Waals surface area (Å²) in [4.78, 5) is 0. The van der Waals surface area contributed by atoms with Gasteiger partial charge in [-0.25, -0.2) is 0 Å². The quantitative estimate of drug-likeness (QED) is 0.0712. The zero-order valence-corrected chi connectivity index (χ0v) is 30.1. The molecule has 2 nitrogen and oxygen atoms in total. The van der Waals surface area contributed by atoms with Gasteiger partial charge in [0.2, 0.25) is 0 Å². The fourth-order valence-electron chi connectivity index (χ4n) is 6.82. The van der Waals surface area contributed by atoms with Gasteiger partial charge in [-0.15, -0.1) is 17.0 Å². The van der Waals surface area contributed by atoms with Gasteiger partial charge >= 0.3 is 238 Å². The Kier molecular flexibility index (Phi) is 17.6. The first-order chi connectivity index (χ1) is 21.2. The van der Waals surface area contributed by atoms with Gasteiger partial charge in [0, 0.05) is 0 Å². The van der Waals surface area contributed by atoms with E-state index >= 15 is 0 Å². The van der Waals surface area contributed by atoms with Crippen LogP contribution in [0.15, 0.2) is 103 Å². The van der Waals surface area contributed by atoms with E-state index in [-0.39, 0.29) is 29.4 Å². The van der Waals surface area contributed by atoms with Crippen molar-refractivity contribution in [1.82, 2.24) is 0 Å². The summed E-state index contributed by atoms with van der Waals surface area (Å²) in [6, 6.07) is 33.9. The minimum absolute atomic E-state index is 0. The molecule has 2 unspecified atom stereocenters. The summed E-state index contributed by atoms with van der Waals surface area (Å²) >= 11 is 0. The molecule has 0 radical (unpaired) electrons. The summed E-state index contributed by atoms with van der Waals surface area (Å²) in [6.45, 7) is 5.45. The van der Waals surface area contributed by atoms with Crippen LogP contribution >= 0.6 is 24.2 Å². The van der Waals surface area contributed by atoms with Crippen LogP contribution in [0, 0.1) is 0 Å². The van der Waals surface area contributed by atoms with Gasteiger partial charge in [0.05, 0.1) is 0 Å². The fraction of sp³-hybridized carbons (Fsp3) is 0.500. The van der Waals surface area contributed by atoms with Gasteiger partial charge in [0.15, 0.2) is 0 Å². The number of rotatable bonds is 19. The first-order valence-electron chi connectivity index (χ1n) is 17.3. The molecule has 3 aromatic carbocycles. The molecule has 2 atom stereocenters. The molecule has 0 amide bonds. The zero-order chi connectivity index (χ0) is 30.0. The van der Waals surface area contributed by atoms with Gasteiger partial charge in [0.1, 0.15) is 0 Å². The van der Waals surface area contributed by atoms with Crippen molar-refractivity contribution < 1.29 is 9.47 Å². The molecule has 3 aromatic rings. The van der Waals surface area contributed by atoms with E-state index in [9.17, 15) is 0 Å². The van der Waals surface area contributed by atoms with Crippen LogP contribution in [-0.4, -0.2) is 25.2 Å². The summed E-state index contributed by atoms with van der Waals surface area (Å²) in [5.41, 5.74) is 1.46. The molecule has 4 heteroatoms. The molecule has 1 saturated heterocycles. The van der Waals surface area contributed by atoms with E-state index in [2.05, 4.69) is 111 Å². The average Bonchev–Trinajstić information content (AvgIpc) is 3.06. The summed E-state index contributed by atoms with van der Waals surface area (Å²) in [5, 5.41) is 4.50. The average molecular weight is 682 g/mol. The molecule has 1 aliphatic rings. The second-order valence-corrected chi connectivity index (χ2v) is 16.6. The molecule has 0 N–H and O–H groups in total. The van der Waals surface area contributed by atoms with Gasteiger partial charge < -0.3 is 0 Å². The van der Waals surface area contributed by atoms with Crippen LogP contribution in [0.5, 0.6) is 0 Å². The van der Waals surface area contributed by atoms with E-state index in [1.54, 1.807) is 0 Å². The molecule has 242 valence electrons. The van der Waals surface area contributed by atoms with Crippen molar-refractivity contribution in [2.24, 2.45) is 0 Å². The summed E-state index contributed by atoms with van der Waals surface area (Å²) in [7, 11) is -2.19. The topological polar surface area (TPSA) is 18.5 Å². The summed E-state index contributed by atoms with van der Waals surface area (Å²) in [6.07, 6.45) is 21.3. The van der Waals surface area contributed by atoms with Crippen LogP contribution in [0.4, 0.5) is 0 Å². The molecule has 1 fully saturated rings. The van der Waals surface area contributed by atoms with Crippen molar-refractivity contribution in [3.63, 3.8) is 0 Å². The van der Waals surface area contributed by atoms with Crippen LogP contribution in [0.3, 0.4) is 0 Å². The maximum absolute atomic E-state index is 6.59. The Bertz CT molecular complexity index is 1070. The summed E-state index contributed by atoms with van der Waals surface area (Å²) in [5.74, 6) is 0. The van der Waals surface area contributed by atoms with Crippen LogP contribution in [0.25, 0.3) is 0 Å². The summed E-state index contributed by atoms with van der Waals surface area (Å²) < 4.78 is 12.6. The fourth-order valence-corrected chi connectivity index (χ4v) is 11.7. The molecule has 44 heavy (non-hydrogen) atoms. The Morgan fingerprint density at radius 3 is 1.77 bits per heavy atom. The van der Waals surface area contributed by atoms with Crippen molar-refractivity contribution in [3.05, 3.63) is 103 Å². The van der Waals surface area contributed by atoms with Crippen molar-refractivity contribution in [2.45, 2.75) is 116 Å². The first kappa shape index (κ1) is 36.7. The molecule has 0 aliphatic carbocycles. The van der Waals surface area contributed by atoms with Crippen molar-refractivity contribution in [3.8, 4) is 0 Å². The molecule has 0 bridgehead atoms. The van der Waals surface area contributed by atoms with Gasteiger partial charge in [-0.1, -0.05) is 26.2 Å².